The maximum atomic E-state index is 12.6. The topological polar surface area (TPSA) is 38.0 Å². The van der Waals surface area contributed by atoms with Gasteiger partial charge in [-0.15, -0.1) is 0 Å². The number of nitrogens with two attached hydrogens (primary N) is 1. The van der Waals surface area contributed by atoms with Gasteiger partial charge in [-0.1, -0.05) is 13.3 Å². The Balaban J connectivity index is 2.89. The minimum absolute atomic E-state index is 0.143. The van der Waals surface area contributed by atoms with Crippen LogP contribution in [-0.2, 0) is 6.18 Å². The fourth-order valence-corrected chi connectivity index (χ4v) is 1.68. The Bertz CT molecular complexity index is 375. The maximum absolute atomic E-state index is 12.6. The molecule has 0 aliphatic carbocycles. The van der Waals surface area contributed by atoms with Gasteiger partial charge in [-0.2, -0.15) is 13.2 Å². The van der Waals surface area contributed by atoms with Crippen molar-refractivity contribution in [2.75, 3.05) is 11.1 Å². The summed E-state index contributed by atoms with van der Waals surface area (Å²) in [5, 5.41) is 3.03. The summed E-state index contributed by atoms with van der Waals surface area (Å²) in [6.45, 7) is 3.97. The molecule has 1 rings (SSSR count). The molecular weight excluding hydrogens is 229 g/mol. The molecule has 0 radical (unpaired) electrons. The summed E-state index contributed by atoms with van der Waals surface area (Å²) in [5.41, 5.74) is 4.74. The van der Waals surface area contributed by atoms with Gasteiger partial charge in [0, 0.05) is 17.4 Å². The summed E-state index contributed by atoms with van der Waals surface area (Å²) in [6.07, 6.45) is -2.52. The highest BCUT2D eigenvalue weighted by atomic mass is 19.4. The number of benzene rings is 1. The van der Waals surface area contributed by atoms with Crippen LogP contribution in [0.25, 0.3) is 0 Å². The molecule has 1 atom stereocenters. The van der Waals surface area contributed by atoms with E-state index in [1.807, 2.05) is 13.8 Å². The lowest BCUT2D eigenvalue weighted by molar-refractivity contribution is -0.136. The van der Waals surface area contributed by atoms with Gasteiger partial charge in [-0.25, -0.2) is 0 Å². The average Bonchev–Trinajstić information content (AvgIpc) is 2.19. The van der Waals surface area contributed by atoms with Crippen molar-refractivity contribution in [2.24, 2.45) is 0 Å². The van der Waals surface area contributed by atoms with E-state index in [1.54, 1.807) is 6.07 Å². The van der Waals surface area contributed by atoms with Crippen LogP contribution in [0.3, 0.4) is 0 Å². The SMILES string of the molecule is CCCC(C)Nc1ccc(N)c(C(F)(F)F)c1. The van der Waals surface area contributed by atoms with Crippen molar-refractivity contribution in [3.8, 4) is 0 Å². The summed E-state index contributed by atoms with van der Waals surface area (Å²) in [6, 6.07) is 4.05. The van der Waals surface area contributed by atoms with Crippen molar-refractivity contribution in [1.29, 1.82) is 0 Å². The van der Waals surface area contributed by atoms with E-state index in [0.717, 1.165) is 18.9 Å². The Morgan fingerprint density at radius 2 is 2.00 bits per heavy atom. The number of rotatable bonds is 4. The van der Waals surface area contributed by atoms with E-state index in [2.05, 4.69) is 5.32 Å². The lowest BCUT2D eigenvalue weighted by Gasteiger charge is -2.17. The lowest BCUT2D eigenvalue weighted by atomic mass is 10.1. The van der Waals surface area contributed by atoms with E-state index in [1.165, 1.54) is 6.07 Å². The Morgan fingerprint density at radius 1 is 1.35 bits per heavy atom. The van der Waals surface area contributed by atoms with Crippen LogP contribution in [0.1, 0.15) is 32.3 Å². The number of nitrogen functional groups attached to an aromatic ring is 1. The zero-order chi connectivity index (χ0) is 13.1. The fourth-order valence-electron chi connectivity index (χ4n) is 1.68. The first kappa shape index (κ1) is 13.7. The van der Waals surface area contributed by atoms with E-state index >= 15 is 0 Å². The van der Waals surface area contributed by atoms with Gasteiger partial charge in [0.2, 0.25) is 0 Å². The van der Waals surface area contributed by atoms with Crippen molar-refractivity contribution in [2.45, 2.75) is 38.9 Å². The molecule has 2 nitrogen and oxygen atoms in total. The number of hydrogen-bond acceptors (Lipinski definition) is 2. The zero-order valence-electron chi connectivity index (χ0n) is 9.93. The zero-order valence-corrected chi connectivity index (χ0v) is 9.93. The highest BCUT2D eigenvalue weighted by molar-refractivity contribution is 5.58. The third-order valence-corrected chi connectivity index (χ3v) is 2.49. The third kappa shape index (κ3) is 3.84. The summed E-state index contributed by atoms with van der Waals surface area (Å²) in [7, 11) is 0. The van der Waals surface area contributed by atoms with E-state index < -0.39 is 11.7 Å². The molecule has 0 aromatic heterocycles. The van der Waals surface area contributed by atoms with Crippen molar-refractivity contribution >= 4 is 11.4 Å². The number of hydrogen-bond donors (Lipinski definition) is 2. The first-order valence-corrected chi connectivity index (χ1v) is 5.58. The molecule has 0 aliphatic heterocycles. The van der Waals surface area contributed by atoms with Crippen molar-refractivity contribution in [3.05, 3.63) is 23.8 Å². The molecule has 0 bridgehead atoms. The van der Waals surface area contributed by atoms with Crippen LogP contribution in [0.15, 0.2) is 18.2 Å². The average molecular weight is 246 g/mol. The first-order chi connectivity index (χ1) is 7.84. The van der Waals surface area contributed by atoms with Gasteiger partial charge in [0.25, 0.3) is 0 Å². The van der Waals surface area contributed by atoms with Crippen LogP contribution in [-0.4, -0.2) is 6.04 Å². The summed E-state index contributed by atoms with van der Waals surface area (Å²) in [4.78, 5) is 0. The van der Waals surface area contributed by atoms with Gasteiger partial charge in [0.1, 0.15) is 0 Å². The van der Waals surface area contributed by atoms with Crippen molar-refractivity contribution in [1.82, 2.24) is 0 Å². The highest BCUT2D eigenvalue weighted by Gasteiger charge is 2.33. The summed E-state index contributed by atoms with van der Waals surface area (Å²) in [5.74, 6) is 0. The second-order valence-corrected chi connectivity index (χ2v) is 4.13. The van der Waals surface area contributed by atoms with Gasteiger partial charge in [0.15, 0.2) is 0 Å². The molecule has 0 aliphatic rings. The number of alkyl halides is 3. The molecule has 0 amide bonds. The van der Waals surface area contributed by atoms with E-state index in [4.69, 9.17) is 5.73 Å². The Labute approximate surface area is 99.0 Å². The summed E-state index contributed by atoms with van der Waals surface area (Å²) >= 11 is 0. The lowest BCUT2D eigenvalue weighted by Crippen LogP contribution is -2.16. The molecule has 3 N–H and O–H groups in total. The molecular formula is C12H17F3N2. The molecule has 1 aromatic carbocycles. The number of nitrogens with one attached hydrogen (secondary N) is 1. The van der Waals surface area contributed by atoms with Crippen LogP contribution in [0, 0.1) is 0 Å². The fraction of sp³-hybridized carbons (Fsp3) is 0.500. The predicted octanol–water partition coefficient (Wildman–Crippen LogP) is 3.89. The third-order valence-electron chi connectivity index (χ3n) is 2.49. The molecule has 0 heterocycles. The Morgan fingerprint density at radius 3 is 2.53 bits per heavy atom. The van der Waals surface area contributed by atoms with Crippen LogP contribution in [0.5, 0.6) is 0 Å². The van der Waals surface area contributed by atoms with Gasteiger partial charge < -0.3 is 11.1 Å². The number of halogens is 3. The minimum Gasteiger partial charge on any atom is -0.398 e. The van der Waals surface area contributed by atoms with Gasteiger partial charge in [-0.3, -0.25) is 0 Å². The molecule has 1 aromatic rings. The Hall–Kier alpha value is -1.39. The predicted molar refractivity (Wildman–Crippen MR) is 63.8 cm³/mol. The monoisotopic (exact) mass is 246 g/mol. The van der Waals surface area contributed by atoms with Gasteiger partial charge >= 0.3 is 6.18 Å². The molecule has 1 unspecified atom stereocenters. The molecule has 0 fully saturated rings. The van der Waals surface area contributed by atoms with E-state index in [0.29, 0.717) is 5.69 Å². The van der Waals surface area contributed by atoms with E-state index in [-0.39, 0.29) is 11.7 Å². The second-order valence-electron chi connectivity index (χ2n) is 4.13. The highest BCUT2D eigenvalue weighted by Crippen LogP contribution is 2.35. The molecule has 0 saturated heterocycles. The largest absolute Gasteiger partial charge is 0.418 e. The maximum Gasteiger partial charge on any atom is 0.418 e. The van der Waals surface area contributed by atoms with Crippen LogP contribution in [0.4, 0.5) is 24.5 Å². The van der Waals surface area contributed by atoms with Gasteiger partial charge in [-0.05, 0) is 31.5 Å². The minimum atomic E-state index is -4.41. The van der Waals surface area contributed by atoms with Gasteiger partial charge in [0.05, 0.1) is 5.56 Å². The smallest absolute Gasteiger partial charge is 0.398 e. The molecule has 0 saturated carbocycles. The number of anilines is 2. The van der Waals surface area contributed by atoms with Crippen molar-refractivity contribution in [3.63, 3.8) is 0 Å². The van der Waals surface area contributed by atoms with E-state index in [9.17, 15) is 13.2 Å². The summed E-state index contributed by atoms with van der Waals surface area (Å²) < 4.78 is 37.8. The molecule has 0 spiro atoms. The van der Waals surface area contributed by atoms with Crippen LogP contribution in [0.2, 0.25) is 0 Å². The standard InChI is InChI=1S/C12H17F3N2/c1-3-4-8(2)17-9-5-6-11(16)10(7-9)12(13,14)15/h5-8,17H,3-4,16H2,1-2H3. The molecule has 17 heavy (non-hydrogen) atoms. The normalized spacial score (nSPS) is 13.5. The quantitative estimate of drug-likeness (QED) is 0.791. The van der Waals surface area contributed by atoms with Crippen LogP contribution >= 0.6 is 0 Å². The molecule has 96 valence electrons. The van der Waals surface area contributed by atoms with Crippen molar-refractivity contribution < 1.29 is 13.2 Å². The first-order valence-electron chi connectivity index (χ1n) is 5.58. The van der Waals surface area contributed by atoms with Crippen LogP contribution < -0.4 is 11.1 Å². The molecule has 5 heteroatoms. The second kappa shape index (κ2) is 5.29. The Kier molecular flexibility index (Phi) is 4.26.